The number of aromatic nitrogens is 2. The van der Waals surface area contributed by atoms with Crippen molar-refractivity contribution in [3.8, 4) is 0 Å². The predicted octanol–water partition coefficient (Wildman–Crippen LogP) is 5.74. The molecule has 2 aromatic carbocycles. The minimum Gasteiger partial charge on any atom is -0.345 e. The Kier molecular flexibility index (Phi) is 5.15. The maximum Gasteiger partial charge on any atom is 0.263 e. The van der Waals surface area contributed by atoms with E-state index in [0.29, 0.717) is 11.0 Å². The van der Waals surface area contributed by atoms with Gasteiger partial charge >= 0.3 is 0 Å². The highest BCUT2D eigenvalue weighted by Gasteiger charge is 2.27. The molecule has 0 aliphatic carbocycles. The summed E-state index contributed by atoms with van der Waals surface area (Å²) < 4.78 is 58.7. The van der Waals surface area contributed by atoms with Gasteiger partial charge in [-0.3, -0.25) is 9.52 Å². The largest absolute Gasteiger partial charge is 0.345 e. The number of rotatable bonds is 5. The fourth-order valence-electron chi connectivity index (χ4n) is 3.50. The normalized spacial score (nSPS) is 11.8. The van der Waals surface area contributed by atoms with Gasteiger partial charge in [-0.1, -0.05) is 29.8 Å². The third kappa shape index (κ3) is 3.65. The highest BCUT2D eigenvalue weighted by atomic mass is 35.5. The van der Waals surface area contributed by atoms with Crippen molar-refractivity contribution in [3.63, 3.8) is 0 Å². The van der Waals surface area contributed by atoms with Gasteiger partial charge in [0.05, 0.1) is 16.3 Å². The van der Waals surface area contributed by atoms with Gasteiger partial charge in [-0.25, -0.2) is 22.2 Å². The first-order valence-corrected chi connectivity index (χ1v) is 12.1. The Labute approximate surface area is 194 Å². The molecule has 0 aliphatic rings. The van der Waals surface area contributed by atoms with Crippen molar-refractivity contribution in [2.75, 3.05) is 4.72 Å². The Morgan fingerprint density at radius 1 is 1.12 bits per heavy atom. The van der Waals surface area contributed by atoms with E-state index in [4.69, 9.17) is 11.6 Å². The zero-order valence-electron chi connectivity index (χ0n) is 16.4. The van der Waals surface area contributed by atoms with Crippen molar-refractivity contribution in [1.82, 2.24) is 9.97 Å². The maximum atomic E-state index is 15.3. The first kappa shape index (κ1) is 21.5. The molecule has 0 fully saturated rings. The van der Waals surface area contributed by atoms with Crippen molar-refractivity contribution in [2.24, 2.45) is 0 Å². The molecule has 0 saturated carbocycles. The number of aromatic amines is 1. The van der Waals surface area contributed by atoms with Gasteiger partial charge in [0.25, 0.3) is 10.0 Å². The molecule has 3 heterocycles. The van der Waals surface area contributed by atoms with Crippen molar-refractivity contribution in [3.05, 3.63) is 88.0 Å². The lowest BCUT2D eigenvalue weighted by atomic mass is 10.0. The maximum absolute atomic E-state index is 15.3. The van der Waals surface area contributed by atoms with Crippen LogP contribution in [0.2, 0.25) is 5.02 Å². The molecule has 5 rings (SSSR count). The number of H-pyrrole nitrogens is 1. The van der Waals surface area contributed by atoms with Crippen molar-refractivity contribution < 1.29 is 22.0 Å². The topological polar surface area (TPSA) is 91.9 Å². The van der Waals surface area contributed by atoms with Crippen LogP contribution in [0.15, 0.2) is 65.1 Å². The number of hydrogen-bond acceptors (Lipinski definition) is 5. The molecule has 0 spiro atoms. The Bertz CT molecular complexity index is 1680. The van der Waals surface area contributed by atoms with E-state index >= 15 is 4.39 Å². The molecule has 0 unspecified atom stereocenters. The highest BCUT2D eigenvalue weighted by Crippen LogP contribution is 2.32. The van der Waals surface area contributed by atoms with Crippen LogP contribution < -0.4 is 4.72 Å². The predicted molar refractivity (Wildman–Crippen MR) is 124 cm³/mol. The number of thiophene rings is 1. The second-order valence-electron chi connectivity index (χ2n) is 7.07. The van der Waals surface area contributed by atoms with Gasteiger partial charge in [-0.2, -0.15) is 0 Å². The summed E-state index contributed by atoms with van der Waals surface area (Å²) in [7, 11) is -4.22. The minimum atomic E-state index is -4.22. The van der Waals surface area contributed by atoms with Crippen molar-refractivity contribution >= 4 is 65.6 Å². The fourth-order valence-corrected chi connectivity index (χ4v) is 6.22. The first-order valence-electron chi connectivity index (χ1n) is 9.40. The van der Waals surface area contributed by atoms with E-state index in [0.717, 1.165) is 16.8 Å². The number of nitrogens with zero attached hydrogens (tertiary/aromatic N) is 1. The highest BCUT2D eigenvalue weighted by molar-refractivity contribution is 7.93. The average molecular weight is 504 g/mol. The number of hydrogen-bond donors (Lipinski definition) is 2. The molecule has 2 N–H and O–H groups in total. The van der Waals surface area contributed by atoms with E-state index in [1.54, 1.807) is 24.3 Å². The van der Waals surface area contributed by atoms with Gasteiger partial charge in [0.15, 0.2) is 5.82 Å². The molecular weight excluding hydrogens is 492 g/mol. The summed E-state index contributed by atoms with van der Waals surface area (Å²) in [5.41, 5.74) is -1.19. The van der Waals surface area contributed by atoms with E-state index in [1.165, 1.54) is 35.2 Å². The van der Waals surface area contributed by atoms with Crippen molar-refractivity contribution in [2.45, 2.75) is 4.90 Å². The number of ketones is 1. The van der Waals surface area contributed by atoms with Crippen LogP contribution in [0.4, 0.5) is 14.5 Å². The molecule has 6 nitrogen and oxygen atoms in total. The zero-order valence-corrected chi connectivity index (χ0v) is 18.8. The number of halogens is 3. The molecule has 0 bridgehead atoms. The fraction of sp³-hybridized carbons (Fsp3) is 0. The third-order valence-electron chi connectivity index (χ3n) is 5.04. The van der Waals surface area contributed by atoms with Crippen LogP contribution in [0, 0.1) is 11.6 Å². The summed E-state index contributed by atoms with van der Waals surface area (Å²) >= 11 is 7.16. The zero-order chi connectivity index (χ0) is 23.3. The van der Waals surface area contributed by atoms with E-state index in [-0.39, 0.29) is 20.9 Å². The molecule has 5 aromatic rings. The molecule has 3 aromatic heterocycles. The quantitative estimate of drug-likeness (QED) is 0.299. The molecule has 0 aliphatic heterocycles. The minimum absolute atomic E-state index is 0.0444. The number of pyridine rings is 1. The van der Waals surface area contributed by atoms with Gasteiger partial charge in [-0.05, 0) is 24.3 Å². The molecule has 33 heavy (non-hydrogen) atoms. The van der Waals surface area contributed by atoms with E-state index in [2.05, 4.69) is 14.7 Å². The summed E-state index contributed by atoms with van der Waals surface area (Å²) in [4.78, 5) is 19.8. The summed E-state index contributed by atoms with van der Waals surface area (Å²) in [5.74, 6) is -3.44. The van der Waals surface area contributed by atoms with Crippen LogP contribution in [0.3, 0.4) is 0 Å². The number of carbonyl (C=O) groups is 1. The van der Waals surface area contributed by atoms with Gasteiger partial charge < -0.3 is 4.98 Å². The second-order valence-corrected chi connectivity index (χ2v) is 10.1. The van der Waals surface area contributed by atoms with Gasteiger partial charge in [-0.15, -0.1) is 11.3 Å². The SMILES string of the molecule is O=C(c1c(F)ccc(NS(=O)(=O)c2csc3ccccc23)c1F)c1c[nH]c2ncc(Cl)cc12. The summed E-state index contributed by atoms with van der Waals surface area (Å²) in [6, 6.07) is 10.1. The van der Waals surface area contributed by atoms with Crippen LogP contribution in [0.5, 0.6) is 0 Å². The van der Waals surface area contributed by atoms with E-state index in [9.17, 15) is 17.6 Å². The molecule has 0 saturated heterocycles. The third-order valence-corrected chi connectivity index (χ3v) is 7.76. The van der Waals surface area contributed by atoms with E-state index < -0.39 is 38.7 Å². The molecule has 0 amide bonds. The number of sulfonamides is 1. The second kappa shape index (κ2) is 7.91. The average Bonchev–Trinajstić information content (AvgIpc) is 3.40. The van der Waals surface area contributed by atoms with Crippen LogP contribution in [0.25, 0.3) is 21.1 Å². The lowest BCUT2D eigenvalue weighted by molar-refractivity contribution is 0.103. The molecule has 166 valence electrons. The van der Waals surface area contributed by atoms with Gasteiger partial charge in [0.2, 0.25) is 5.78 Å². The lowest BCUT2D eigenvalue weighted by Crippen LogP contribution is -2.16. The van der Waals surface area contributed by atoms with Crippen LogP contribution in [0.1, 0.15) is 15.9 Å². The van der Waals surface area contributed by atoms with Crippen LogP contribution in [-0.4, -0.2) is 24.2 Å². The number of fused-ring (bicyclic) bond motifs is 2. The lowest BCUT2D eigenvalue weighted by Gasteiger charge is -2.11. The smallest absolute Gasteiger partial charge is 0.263 e. The Morgan fingerprint density at radius 3 is 2.73 bits per heavy atom. The molecule has 0 atom stereocenters. The standard InChI is InChI=1S/C22H12ClF2N3O3S2/c23-11-7-13-14(9-27-22(13)26-8-11)21(29)19-15(24)5-6-16(20(19)25)28-33(30,31)18-10-32-17-4-2-1-3-12(17)18/h1-10,28H,(H,26,27). The number of benzene rings is 2. The monoisotopic (exact) mass is 503 g/mol. The van der Waals surface area contributed by atoms with E-state index in [1.807, 2.05) is 0 Å². The van der Waals surface area contributed by atoms with Crippen molar-refractivity contribution in [1.29, 1.82) is 0 Å². The molecule has 0 radical (unpaired) electrons. The van der Waals surface area contributed by atoms with Gasteiger partial charge in [0, 0.05) is 38.8 Å². The summed E-state index contributed by atoms with van der Waals surface area (Å²) in [5, 5.41) is 2.42. The van der Waals surface area contributed by atoms with Crippen LogP contribution >= 0.6 is 22.9 Å². The number of carbonyl (C=O) groups excluding carboxylic acids is 1. The summed E-state index contributed by atoms with van der Waals surface area (Å²) in [6.07, 6.45) is 2.63. The Hall–Kier alpha value is -3.34. The van der Waals surface area contributed by atoms with Crippen LogP contribution in [-0.2, 0) is 10.0 Å². The van der Waals surface area contributed by atoms with Gasteiger partial charge in [0.1, 0.15) is 16.4 Å². The molecular formula is C22H12ClF2N3O3S2. The molecule has 11 heteroatoms. The Balaban J connectivity index is 1.57. The number of nitrogens with one attached hydrogen (secondary N) is 2. The Morgan fingerprint density at radius 2 is 1.91 bits per heavy atom. The number of anilines is 1. The first-order chi connectivity index (χ1) is 15.8. The summed E-state index contributed by atoms with van der Waals surface area (Å²) in [6.45, 7) is 0.